The van der Waals surface area contributed by atoms with E-state index in [0.717, 1.165) is 32.5 Å². The van der Waals surface area contributed by atoms with E-state index in [2.05, 4.69) is 10.6 Å². The summed E-state index contributed by atoms with van der Waals surface area (Å²) in [5.41, 5.74) is -0.467. The summed E-state index contributed by atoms with van der Waals surface area (Å²) < 4.78 is 10.5. The van der Waals surface area contributed by atoms with Gasteiger partial charge >= 0.3 is 6.09 Å². The molecular weight excluding hydrogens is 270 g/mol. The van der Waals surface area contributed by atoms with Crippen LogP contribution in [0.1, 0.15) is 33.6 Å². The van der Waals surface area contributed by atoms with E-state index in [-0.39, 0.29) is 6.09 Å². The van der Waals surface area contributed by atoms with Crippen LogP contribution in [0.5, 0.6) is 0 Å². The highest BCUT2D eigenvalue weighted by Crippen LogP contribution is 2.10. The molecule has 6 heteroatoms. The maximum atomic E-state index is 12.2. The normalized spacial score (nSPS) is 16.8. The molecule has 21 heavy (non-hydrogen) atoms. The molecule has 0 unspecified atom stereocenters. The molecule has 1 saturated heterocycles. The van der Waals surface area contributed by atoms with Crippen LogP contribution >= 0.6 is 0 Å². The van der Waals surface area contributed by atoms with E-state index in [1.807, 2.05) is 20.8 Å². The van der Waals surface area contributed by atoms with Crippen molar-refractivity contribution in [1.29, 1.82) is 0 Å². The molecule has 1 fully saturated rings. The van der Waals surface area contributed by atoms with Crippen LogP contribution in [0, 0.1) is 0 Å². The molecule has 1 heterocycles. The van der Waals surface area contributed by atoms with Gasteiger partial charge in [-0.3, -0.25) is 0 Å². The molecule has 0 spiro atoms. The van der Waals surface area contributed by atoms with Gasteiger partial charge in [0.05, 0.1) is 6.61 Å². The van der Waals surface area contributed by atoms with Crippen molar-refractivity contribution < 1.29 is 14.3 Å². The topological polar surface area (TPSA) is 62.8 Å². The fourth-order valence-electron chi connectivity index (χ4n) is 2.25. The van der Waals surface area contributed by atoms with Crippen LogP contribution in [-0.4, -0.2) is 69.1 Å². The molecule has 124 valence electrons. The first-order valence-electron chi connectivity index (χ1n) is 7.83. The van der Waals surface area contributed by atoms with Crippen molar-refractivity contribution in [2.24, 2.45) is 0 Å². The number of carbonyl (C=O) groups is 1. The Hall–Kier alpha value is -0.850. The minimum Gasteiger partial charge on any atom is -0.444 e. The van der Waals surface area contributed by atoms with E-state index < -0.39 is 5.60 Å². The number of ether oxygens (including phenoxy) is 2. The summed E-state index contributed by atoms with van der Waals surface area (Å²) in [5.74, 6) is 0. The van der Waals surface area contributed by atoms with Crippen LogP contribution < -0.4 is 10.6 Å². The van der Waals surface area contributed by atoms with Crippen molar-refractivity contribution in [3.8, 4) is 0 Å². The van der Waals surface area contributed by atoms with Gasteiger partial charge in [-0.1, -0.05) is 0 Å². The third kappa shape index (κ3) is 8.24. The Morgan fingerprint density at radius 2 is 1.95 bits per heavy atom. The molecular formula is C15H31N3O3. The molecule has 1 aliphatic rings. The quantitative estimate of drug-likeness (QED) is 0.740. The van der Waals surface area contributed by atoms with Gasteiger partial charge in [-0.05, 0) is 46.7 Å². The molecule has 0 radical (unpaired) electrons. The third-order valence-electron chi connectivity index (χ3n) is 3.37. The molecule has 0 aliphatic carbocycles. The molecule has 0 bridgehead atoms. The zero-order valence-corrected chi connectivity index (χ0v) is 13.9. The second-order valence-corrected chi connectivity index (χ2v) is 6.44. The lowest BCUT2D eigenvalue weighted by Crippen LogP contribution is -2.45. The van der Waals surface area contributed by atoms with Gasteiger partial charge in [-0.15, -0.1) is 0 Å². The van der Waals surface area contributed by atoms with Gasteiger partial charge in [0.2, 0.25) is 0 Å². The van der Waals surface area contributed by atoms with Crippen molar-refractivity contribution in [3.05, 3.63) is 0 Å². The summed E-state index contributed by atoms with van der Waals surface area (Å²) in [4.78, 5) is 13.9. The zero-order chi connectivity index (χ0) is 15.7. The second kappa shape index (κ2) is 9.23. The maximum Gasteiger partial charge on any atom is 0.410 e. The first-order valence-corrected chi connectivity index (χ1v) is 7.83. The molecule has 1 aliphatic heterocycles. The SMILES string of the molecule is COCCN(CCNC1CCNCC1)C(=O)OC(C)(C)C. The number of amides is 1. The predicted molar refractivity (Wildman–Crippen MR) is 83.6 cm³/mol. The monoisotopic (exact) mass is 301 g/mol. The van der Waals surface area contributed by atoms with E-state index in [1.54, 1.807) is 12.0 Å². The van der Waals surface area contributed by atoms with Gasteiger partial charge in [0.1, 0.15) is 5.60 Å². The number of rotatable bonds is 7. The lowest BCUT2D eigenvalue weighted by molar-refractivity contribution is 0.0202. The van der Waals surface area contributed by atoms with Gasteiger partial charge in [-0.25, -0.2) is 4.79 Å². The minimum atomic E-state index is -0.467. The fraction of sp³-hybridized carbons (Fsp3) is 0.933. The maximum absolute atomic E-state index is 12.2. The van der Waals surface area contributed by atoms with Crippen molar-refractivity contribution in [3.63, 3.8) is 0 Å². The molecule has 6 nitrogen and oxygen atoms in total. The Bertz CT molecular complexity index is 299. The zero-order valence-electron chi connectivity index (χ0n) is 13.9. The van der Waals surface area contributed by atoms with E-state index in [9.17, 15) is 4.79 Å². The smallest absolute Gasteiger partial charge is 0.410 e. The number of hydrogen-bond acceptors (Lipinski definition) is 5. The van der Waals surface area contributed by atoms with Crippen molar-refractivity contribution in [2.75, 3.05) is 46.4 Å². The molecule has 1 rings (SSSR count). The van der Waals surface area contributed by atoms with Crippen LogP contribution in [0.4, 0.5) is 4.79 Å². The van der Waals surface area contributed by atoms with Crippen LogP contribution in [0.25, 0.3) is 0 Å². The van der Waals surface area contributed by atoms with E-state index >= 15 is 0 Å². The first kappa shape index (κ1) is 18.2. The van der Waals surface area contributed by atoms with E-state index in [0.29, 0.717) is 25.7 Å². The summed E-state index contributed by atoms with van der Waals surface area (Å²) in [6.45, 7) is 10.3. The summed E-state index contributed by atoms with van der Waals surface area (Å²) >= 11 is 0. The number of methoxy groups -OCH3 is 1. The van der Waals surface area contributed by atoms with Crippen LogP contribution in [-0.2, 0) is 9.47 Å². The van der Waals surface area contributed by atoms with Crippen LogP contribution in [0.2, 0.25) is 0 Å². The van der Waals surface area contributed by atoms with Crippen molar-refractivity contribution >= 4 is 6.09 Å². The largest absolute Gasteiger partial charge is 0.444 e. The number of hydrogen-bond donors (Lipinski definition) is 2. The van der Waals surface area contributed by atoms with E-state index in [4.69, 9.17) is 9.47 Å². The second-order valence-electron chi connectivity index (χ2n) is 6.44. The van der Waals surface area contributed by atoms with Crippen LogP contribution in [0.15, 0.2) is 0 Å². The number of carbonyl (C=O) groups excluding carboxylic acids is 1. The molecule has 0 saturated carbocycles. The Balaban J connectivity index is 2.35. The van der Waals surface area contributed by atoms with E-state index in [1.165, 1.54) is 0 Å². The molecule has 0 atom stereocenters. The summed E-state index contributed by atoms with van der Waals surface area (Å²) in [6.07, 6.45) is 2.02. The number of piperidine rings is 1. The molecule has 0 aromatic rings. The highest BCUT2D eigenvalue weighted by Gasteiger charge is 2.22. The Kier molecular flexibility index (Phi) is 8.00. The Morgan fingerprint density at radius 3 is 2.52 bits per heavy atom. The molecule has 0 aromatic carbocycles. The van der Waals surface area contributed by atoms with Gasteiger partial charge in [0.15, 0.2) is 0 Å². The standard InChI is InChI=1S/C15H31N3O3/c1-15(2,3)21-14(19)18(11-12-20-4)10-9-17-13-5-7-16-8-6-13/h13,16-17H,5-12H2,1-4H3. The predicted octanol–water partition coefficient (Wildman–Crippen LogP) is 1.21. The van der Waals surface area contributed by atoms with Crippen LogP contribution in [0.3, 0.4) is 0 Å². The molecule has 0 aromatic heterocycles. The van der Waals surface area contributed by atoms with Gasteiger partial charge in [0.25, 0.3) is 0 Å². The molecule has 1 amide bonds. The lowest BCUT2D eigenvalue weighted by Gasteiger charge is -2.29. The summed E-state index contributed by atoms with van der Waals surface area (Å²) in [7, 11) is 1.64. The minimum absolute atomic E-state index is 0.272. The van der Waals surface area contributed by atoms with Gasteiger partial charge in [-0.2, -0.15) is 0 Å². The lowest BCUT2D eigenvalue weighted by atomic mass is 10.1. The summed E-state index contributed by atoms with van der Waals surface area (Å²) in [6, 6.07) is 0.550. The van der Waals surface area contributed by atoms with Gasteiger partial charge in [0, 0.05) is 32.8 Å². The third-order valence-corrected chi connectivity index (χ3v) is 3.37. The highest BCUT2D eigenvalue weighted by molar-refractivity contribution is 5.68. The average molecular weight is 301 g/mol. The number of nitrogens with zero attached hydrogens (tertiary/aromatic N) is 1. The Morgan fingerprint density at radius 1 is 1.29 bits per heavy atom. The van der Waals surface area contributed by atoms with Crippen molar-refractivity contribution in [2.45, 2.75) is 45.3 Å². The summed E-state index contributed by atoms with van der Waals surface area (Å²) in [5, 5.41) is 6.86. The first-order chi connectivity index (χ1) is 9.92. The number of nitrogens with one attached hydrogen (secondary N) is 2. The Labute approximate surface area is 128 Å². The van der Waals surface area contributed by atoms with Crippen molar-refractivity contribution in [1.82, 2.24) is 15.5 Å². The average Bonchev–Trinajstić information content (AvgIpc) is 2.41. The highest BCUT2D eigenvalue weighted by atomic mass is 16.6. The van der Waals surface area contributed by atoms with Gasteiger partial charge < -0.3 is 25.0 Å². The molecule has 2 N–H and O–H groups in total. The fourth-order valence-corrected chi connectivity index (χ4v) is 2.25.